The van der Waals surface area contributed by atoms with Crippen LogP contribution in [0.1, 0.15) is 26.7 Å². The van der Waals surface area contributed by atoms with Crippen LogP contribution in [0, 0.1) is 0 Å². The Morgan fingerprint density at radius 1 is 1.24 bits per heavy atom. The summed E-state index contributed by atoms with van der Waals surface area (Å²) in [5, 5.41) is 2.68. The van der Waals surface area contributed by atoms with Gasteiger partial charge < -0.3 is 10.2 Å². The van der Waals surface area contributed by atoms with Crippen molar-refractivity contribution < 1.29 is 9.59 Å². The van der Waals surface area contributed by atoms with Gasteiger partial charge in [-0.2, -0.15) is 0 Å². The lowest BCUT2D eigenvalue weighted by Crippen LogP contribution is -2.25. The number of nitrogens with zero attached hydrogens (tertiary/aromatic N) is 1. The van der Waals surface area contributed by atoms with Crippen molar-refractivity contribution in [3.63, 3.8) is 0 Å². The van der Waals surface area contributed by atoms with Crippen molar-refractivity contribution in [3.05, 3.63) is 24.3 Å². The smallest absolute Gasteiger partial charge is 0.226 e. The predicted molar refractivity (Wildman–Crippen MR) is 69.1 cm³/mol. The Labute approximate surface area is 102 Å². The van der Waals surface area contributed by atoms with Crippen LogP contribution < -0.4 is 10.2 Å². The Bertz CT molecular complexity index is 398. The maximum absolute atomic E-state index is 11.7. The number of carbonyl (C=O) groups is 2. The van der Waals surface area contributed by atoms with E-state index in [1.165, 1.54) is 6.92 Å². The molecule has 1 aromatic rings. The fourth-order valence-electron chi connectivity index (χ4n) is 1.50. The zero-order chi connectivity index (χ0) is 12.8. The number of anilines is 2. The second kappa shape index (κ2) is 6.03. The summed E-state index contributed by atoms with van der Waals surface area (Å²) in [4.78, 5) is 24.1. The first-order valence-corrected chi connectivity index (χ1v) is 5.68. The van der Waals surface area contributed by atoms with Gasteiger partial charge >= 0.3 is 0 Å². The minimum Gasteiger partial charge on any atom is -0.326 e. The van der Waals surface area contributed by atoms with Crippen LogP contribution in [0.5, 0.6) is 0 Å². The van der Waals surface area contributed by atoms with Crippen molar-refractivity contribution in [2.24, 2.45) is 0 Å². The van der Waals surface area contributed by atoms with E-state index in [4.69, 9.17) is 0 Å². The lowest BCUT2D eigenvalue weighted by atomic mass is 10.2. The second-order valence-electron chi connectivity index (χ2n) is 3.93. The minimum atomic E-state index is -0.104. The first-order valence-electron chi connectivity index (χ1n) is 5.68. The van der Waals surface area contributed by atoms with E-state index in [-0.39, 0.29) is 11.8 Å². The molecule has 2 amide bonds. The summed E-state index contributed by atoms with van der Waals surface area (Å²) in [6.45, 7) is 3.44. The first kappa shape index (κ1) is 13.2. The SMILES string of the molecule is CCCC(=O)N(C)c1ccc(NC(C)=O)cc1. The molecule has 0 saturated heterocycles. The Hall–Kier alpha value is -1.84. The molecule has 0 radical (unpaired) electrons. The van der Waals surface area contributed by atoms with Gasteiger partial charge in [0.05, 0.1) is 0 Å². The van der Waals surface area contributed by atoms with Crippen LogP contribution in [0.15, 0.2) is 24.3 Å². The zero-order valence-electron chi connectivity index (χ0n) is 10.5. The third-order valence-corrected chi connectivity index (χ3v) is 2.41. The van der Waals surface area contributed by atoms with Crippen LogP contribution in [-0.4, -0.2) is 18.9 Å². The maximum atomic E-state index is 11.7. The van der Waals surface area contributed by atoms with E-state index in [0.29, 0.717) is 6.42 Å². The Kier molecular flexibility index (Phi) is 4.69. The minimum absolute atomic E-state index is 0.0970. The number of amides is 2. The van der Waals surface area contributed by atoms with E-state index < -0.39 is 0 Å². The Morgan fingerprint density at radius 3 is 2.29 bits per heavy atom. The molecule has 0 aliphatic carbocycles. The van der Waals surface area contributed by atoms with E-state index in [1.54, 1.807) is 24.1 Å². The van der Waals surface area contributed by atoms with Gasteiger partial charge in [-0.15, -0.1) is 0 Å². The highest BCUT2D eigenvalue weighted by molar-refractivity contribution is 5.93. The molecule has 0 unspecified atom stereocenters. The molecule has 0 fully saturated rings. The van der Waals surface area contributed by atoms with Crippen LogP contribution in [0.25, 0.3) is 0 Å². The number of hydrogen-bond acceptors (Lipinski definition) is 2. The molecule has 0 aliphatic heterocycles. The van der Waals surface area contributed by atoms with Crippen molar-refractivity contribution in [3.8, 4) is 0 Å². The fraction of sp³-hybridized carbons (Fsp3) is 0.385. The van der Waals surface area contributed by atoms with Crippen LogP contribution >= 0.6 is 0 Å². The summed E-state index contributed by atoms with van der Waals surface area (Å²) in [5.74, 6) is -0.00654. The van der Waals surface area contributed by atoms with E-state index in [0.717, 1.165) is 17.8 Å². The third-order valence-electron chi connectivity index (χ3n) is 2.41. The summed E-state index contributed by atoms with van der Waals surface area (Å²) in [6, 6.07) is 7.20. The number of carbonyl (C=O) groups excluding carboxylic acids is 2. The van der Waals surface area contributed by atoms with Crippen molar-refractivity contribution in [2.45, 2.75) is 26.7 Å². The molecule has 0 bridgehead atoms. The van der Waals surface area contributed by atoms with E-state index in [9.17, 15) is 9.59 Å². The van der Waals surface area contributed by atoms with Gasteiger partial charge in [0, 0.05) is 31.8 Å². The number of rotatable bonds is 4. The quantitative estimate of drug-likeness (QED) is 0.869. The van der Waals surface area contributed by atoms with E-state index >= 15 is 0 Å². The van der Waals surface area contributed by atoms with Gasteiger partial charge in [-0.3, -0.25) is 9.59 Å². The molecule has 4 heteroatoms. The fourth-order valence-corrected chi connectivity index (χ4v) is 1.50. The molecule has 0 aliphatic rings. The lowest BCUT2D eigenvalue weighted by Gasteiger charge is -2.17. The van der Waals surface area contributed by atoms with Gasteiger partial charge in [0.15, 0.2) is 0 Å². The monoisotopic (exact) mass is 234 g/mol. The lowest BCUT2D eigenvalue weighted by molar-refractivity contribution is -0.118. The van der Waals surface area contributed by atoms with Gasteiger partial charge in [-0.1, -0.05) is 6.92 Å². The van der Waals surface area contributed by atoms with Crippen molar-refractivity contribution in [1.29, 1.82) is 0 Å². The van der Waals surface area contributed by atoms with Gasteiger partial charge in [0.2, 0.25) is 11.8 Å². The molecule has 1 aromatic carbocycles. The molecule has 92 valence electrons. The predicted octanol–water partition coefficient (Wildman–Crippen LogP) is 2.41. The third kappa shape index (κ3) is 3.90. The van der Waals surface area contributed by atoms with Gasteiger partial charge in [-0.25, -0.2) is 0 Å². The molecule has 0 atom stereocenters. The van der Waals surface area contributed by atoms with Crippen molar-refractivity contribution in [2.75, 3.05) is 17.3 Å². The van der Waals surface area contributed by atoms with Gasteiger partial charge in [0.1, 0.15) is 0 Å². The number of benzene rings is 1. The van der Waals surface area contributed by atoms with E-state index in [2.05, 4.69) is 5.32 Å². The molecule has 0 heterocycles. The average molecular weight is 234 g/mol. The van der Waals surface area contributed by atoms with Crippen LogP contribution in [0.4, 0.5) is 11.4 Å². The van der Waals surface area contributed by atoms with Gasteiger partial charge in [0.25, 0.3) is 0 Å². The molecule has 17 heavy (non-hydrogen) atoms. The average Bonchev–Trinajstić information content (AvgIpc) is 2.28. The summed E-state index contributed by atoms with van der Waals surface area (Å²) >= 11 is 0. The summed E-state index contributed by atoms with van der Waals surface area (Å²) in [5.41, 5.74) is 1.56. The standard InChI is InChI=1S/C13H18N2O2/c1-4-5-13(17)15(3)12-8-6-11(7-9-12)14-10(2)16/h6-9H,4-5H2,1-3H3,(H,14,16). The van der Waals surface area contributed by atoms with Crippen molar-refractivity contribution in [1.82, 2.24) is 0 Å². The molecule has 0 aromatic heterocycles. The molecule has 1 N–H and O–H groups in total. The molecule has 1 rings (SSSR count). The maximum Gasteiger partial charge on any atom is 0.226 e. The molecule has 0 spiro atoms. The molecule has 4 nitrogen and oxygen atoms in total. The highest BCUT2D eigenvalue weighted by Crippen LogP contribution is 2.17. The molecular weight excluding hydrogens is 216 g/mol. The zero-order valence-corrected chi connectivity index (χ0v) is 10.5. The van der Waals surface area contributed by atoms with Crippen LogP contribution in [0.3, 0.4) is 0 Å². The van der Waals surface area contributed by atoms with Crippen LogP contribution in [-0.2, 0) is 9.59 Å². The summed E-state index contributed by atoms with van der Waals surface area (Å²) < 4.78 is 0. The summed E-state index contributed by atoms with van der Waals surface area (Å²) in [7, 11) is 1.76. The van der Waals surface area contributed by atoms with Crippen molar-refractivity contribution >= 4 is 23.2 Å². The number of hydrogen-bond donors (Lipinski definition) is 1. The largest absolute Gasteiger partial charge is 0.326 e. The molecular formula is C13H18N2O2. The Balaban J connectivity index is 2.73. The van der Waals surface area contributed by atoms with Gasteiger partial charge in [-0.05, 0) is 30.7 Å². The normalized spacial score (nSPS) is 9.82. The van der Waals surface area contributed by atoms with Crippen LogP contribution in [0.2, 0.25) is 0 Å². The second-order valence-corrected chi connectivity index (χ2v) is 3.93. The highest BCUT2D eigenvalue weighted by Gasteiger charge is 2.09. The Morgan fingerprint density at radius 2 is 1.82 bits per heavy atom. The topological polar surface area (TPSA) is 49.4 Å². The highest BCUT2D eigenvalue weighted by atomic mass is 16.2. The molecule has 0 saturated carbocycles. The summed E-state index contributed by atoms with van der Waals surface area (Å²) in [6.07, 6.45) is 1.39. The number of nitrogens with one attached hydrogen (secondary N) is 1. The first-order chi connectivity index (χ1) is 8.04. The van der Waals surface area contributed by atoms with E-state index in [1.807, 2.05) is 19.1 Å².